The smallest absolute Gasteiger partial charge is 0.318 e. The third-order valence-corrected chi connectivity index (χ3v) is 4.45. The third kappa shape index (κ3) is 3.81. The van der Waals surface area contributed by atoms with Gasteiger partial charge in [-0.25, -0.2) is 4.79 Å². The van der Waals surface area contributed by atoms with Gasteiger partial charge in [-0.05, 0) is 38.0 Å². The molecular weight excluding hydrogens is 318 g/mol. The number of rotatable bonds is 4. The first-order valence-corrected chi connectivity index (χ1v) is 8.44. The van der Waals surface area contributed by atoms with E-state index in [1.165, 1.54) is 4.90 Å². The van der Waals surface area contributed by atoms with Gasteiger partial charge in [0, 0.05) is 25.0 Å². The molecule has 1 atom stereocenters. The van der Waals surface area contributed by atoms with Gasteiger partial charge < -0.3 is 15.1 Å². The van der Waals surface area contributed by atoms with E-state index in [0.29, 0.717) is 19.5 Å². The summed E-state index contributed by atoms with van der Waals surface area (Å²) in [4.78, 5) is 28.5. The molecule has 2 N–H and O–H groups in total. The van der Waals surface area contributed by atoms with E-state index in [1.54, 1.807) is 11.9 Å². The Labute approximate surface area is 147 Å². The highest BCUT2D eigenvalue weighted by Crippen LogP contribution is 2.23. The largest absolute Gasteiger partial charge is 0.332 e. The monoisotopic (exact) mass is 341 g/mol. The first-order valence-electron chi connectivity index (χ1n) is 8.44. The summed E-state index contributed by atoms with van der Waals surface area (Å²) in [6.07, 6.45) is 1.54. The molecular formula is C18H23N5O2. The lowest BCUT2D eigenvalue weighted by Crippen LogP contribution is -2.55. The Kier molecular flexibility index (Phi) is 5.02. The van der Waals surface area contributed by atoms with Crippen LogP contribution in [0.1, 0.15) is 24.2 Å². The van der Waals surface area contributed by atoms with E-state index in [-0.39, 0.29) is 11.9 Å². The summed E-state index contributed by atoms with van der Waals surface area (Å²) >= 11 is 0. The van der Waals surface area contributed by atoms with Crippen LogP contribution < -0.4 is 10.2 Å². The Morgan fingerprint density at radius 1 is 1.40 bits per heavy atom. The summed E-state index contributed by atoms with van der Waals surface area (Å²) in [5.41, 5.74) is 2.58. The molecule has 132 valence electrons. The number of likely N-dealkylation sites (N-methyl/N-ethyl adjacent to an activating group) is 1. The summed E-state index contributed by atoms with van der Waals surface area (Å²) in [7, 11) is 1.67. The Bertz CT molecular complexity index is 743. The zero-order valence-electron chi connectivity index (χ0n) is 14.5. The van der Waals surface area contributed by atoms with Gasteiger partial charge in [0.1, 0.15) is 6.04 Å². The number of anilines is 1. The second kappa shape index (κ2) is 7.38. The molecule has 3 amide bonds. The molecule has 0 spiro atoms. The van der Waals surface area contributed by atoms with Gasteiger partial charge in [0.05, 0.1) is 12.2 Å². The highest BCUT2D eigenvalue weighted by Gasteiger charge is 2.34. The van der Waals surface area contributed by atoms with Crippen LogP contribution in [0.2, 0.25) is 0 Å². The first kappa shape index (κ1) is 17.0. The quantitative estimate of drug-likeness (QED) is 0.893. The van der Waals surface area contributed by atoms with Crippen LogP contribution >= 0.6 is 0 Å². The highest BCUT2D eigenvalue weighted by molar-refractivity contribution is 5.99. The van der Waals surface area contributed by atoms with Gasteiger partial charge in [0.2, 0.25) is 5.91 Å². The number of aromatic amines is 1. The van der Waals surface area contributed by atoms with Crippen LogP contribution in [0.5, 0.6) is 0 Å². The van der Waals surface area contributed by atoms with Gasteiger partial charge in [-0.15, -0.1) is 0 Å². The SMILES string of the molecule is Cc1cc(CNC(=O)N(C)C2CCCN(c3ccccc3)C2=O)n[nH]1. The molecule has 7 nitrogen and oxygen atoms in total. The third-order valence-electron chi connectivity index (χ3n) is 4.45. The molecule has 0 radical (unpaired) electrons. The van der Waals surface area contributed by atoms with E-state index in [2.05, 4.69) is 15.5 Å². The molecule has 1 aliphatic heterocycles. The second-order valence-electron chi connectivity index (χ2n) is 6.30. The molecule has 1 aliphatic rings. The summed E-state index contributed by atoms with van der Waals surface area (Å²) in [6, 6.07) is 10.7. The summed E-state index contributed by atoms with van der Waals surface area (Å²) in [5, 5.41) is 9.75. The van der Waals surface area contributed by atoms with Gasteiger partial charge in [-0.2, -0.15) is 5.10 Å². The summed E-state index contributed by atoms with van der Waals surface area (Å²) in [5.74, 6) is -0.0364. The van der Waals surface area contributed by atoms with E-state index < -0.39 is 6.04 Å². The highest BCUT2D eigenvalue weighted by atomic mass is 16.2. The van der Waals surface area contributed by atoms with Gasteiger partial charge >= 0.3 is 6.03 Å². The normalized spacial score (nSPS) is 17.4. The number of carbonyl (C=O) groups is 2. The van der Waals surface area contributed by atoms with E-state index in [1.807, 2.05) is 43.3 Å². The Balaban J connectivity index is 1.63. The molecule has 1 saturated heterocycles. The minimum absolute atomic E-state index is 0.0364. The topological polar surface area (TPSA) is 81.3 Å². The van der Waals surface area contributed by atoms with Gasteiger partial charge in [-0.3, -0.25) is 9.89 Å². The standard InChI is InChI=1S/C18H23N5O2/c1-13-11-14(21-20-13)12-19-18(25)22(2)16-9-6-10-23(17(16)24)15-7-4-3-5-8-15/h3-5,7-8,11,16H,6,9-10,12H2,1-2H3,(H,19,25)(H,20,21). The molecule has 0 aliphatic carbocycles. The lowest BCUT2D eigenvalue weighted by Gasteiger charge is -2.36. The number of hydrogen-bond acceptors (Lipinski definition) is 3. The van der Waals surface area contributed by atoms with E-state index in [0.717, 1.165) is 23.5 Å². The molecule has 0 bridgehead atoms. The Morgan fingerprint density at radius 2 is 2.16 bits per heavy atom. The number of nitrogens with one attached hydrogen (secondary N) is 2. The molecule has 1 unspecified atom stereocenters. The zero-order chi connectivity index (χ0) is 17.8. The molecule has 2 aromatic rings. The zero-order valence-corrected chi connectivity index (χ0v) is 14.5. The predicted molar refractivity (Wildman–Crippen MR) is 95.1 cm³/mol. The number of amides is 3. The van der Waals surface area contributed by atoms with Crippen LogP contribution in [0.4, 0.5) is 10.5 Å². The number of piperidine rings is 1. The number of H-pyrrole nitrogens is 1. The average Bonchev–Trinajstić information content (AvgIpc) is 3.05. The van der Waals surface area contributed by atoms with Crippen molar-refractivity contribution < 1.29 is 9.59 Å². The first-order chi connectivity index (χ1) is 12.1. The van der Waals surface area contributed by atoms with Crippen molar-refractivity contribution in [2.75, 3.05) is 18.5 Å². The summed E-state index contributed by atoms with van der Waals surface area (Å²) in [6.45, 7) is 2.92. The van der Waals surface area contributed by atoms with Crippen molar-refractivity contribution in [1.29, 1.82) is 0 Å². The molecule has 3 rings (SSSR count). The van der Waals surface area contributed by atoms with Gasteiger partial charge in [0.25, 0.3) is 0 Å². The fourth-order valence-electron chi connectivity index (χ4n) is 3.08. The molecule has 2 heterocycles. The van der Waals surface area contributed by atoms with Crippen molar-refractivity contribution in [2.45, 2.75) is 32.4 Å². The number of aryl methyl sites for hydroxylation is 1. The fraction of sp³-hybridized carbons (Fsp3) is 0.389. The van der Waals surface area contributed by atoms with Crippen molar-refractivity contribution in [1.82, 2.24) is 20.4 Å². The lowest BCUT2D eigenvalue weighted by atomic mass is 10.0. The second-order valence-corrected chi connectivity index (χ2v) is 6.30. The molecule has 1 aromatic heterocycles. The number of nitrogens with zero attached hydrogens (tertiary/aromatic N) is 3. The number of hydrogen-bond donors (Lipinski definition) is 2. The lowest BCUT2D eigenvalue weighted by molar-refractivity contribution is -0.123. The number of carbonyl (C=O) groups excluding carboxylic acids is 2. The minimum atomic E-state index is -0.449. The number of aromatic nitrogens is 2. The van der Waals surface area contributed by atoms with Crippen molar-refractivity contribution in [3.8, 4) is 0 Å². The maximum atomic E-state index is 12.8. The predicted octanol–water partition coefficient (Wildman–Crippen LogP) is 2.06. The van der Waals surface area contributed by atoms with Crippen molar-refractivity contribution in [3.05, 3.63) is 47.8 Å². The molecule has 1 fully saturated rings. The van der Waals surface area contributed by atoms with E-state index in [4.69, 9.17) is 0 Å². The Morgan fingerprint density at radius 3 is 2.84 bits per heavy atom. The number of urea groups is 1. The summed E-state index contributed by atoms with van der Waals surface area (Å²) < 4.78 is 0. The molecule has 7 heteroatoms. The minimum Gasteiger partial charge on any atom is -0.332 e. The van der Waals surface area contributed by atoms with Crippen LogP contribution in [-0.4, -0.2) is 46.7 Å². The number of benzene rings is 1. The molecule has 0 saturated carbocycles. The fourth-order valence-corrected chi connectivity index (χ4v) is 3.08. The molecule has 1 aromatic carbocycles. The maximum Gasteiger partial charge on any atom is 0.318 e. The van der Waals surface area contributed by atoms with Crippen LogP contribution in [0.3, 0.4) is 0 Å². The van der Waals surface area contributed by atoms with Gasteiger partial charge in [0.15, 0.2) is 0 Å². The van der Waals surface area contributed by atoms with Crippen LogP contribution in [-0.2, 0) is 11.3 Å². The maximum absolute atomic E-state index is 12.8. The van der Waals surface area contributed by atoms with Crippen molar-refractivity contribution >= 4 is 17.6 Å². The van der Waals surface area contributed by atoms with Crippen LogP contribution in [0.25, 0.3) is 0 Å². The van der Waals surface area contributed by atoms with Crippen molar-refractivity contribution in [3.63, 3.8) is 0 Å². The van der Waals surface area contributed by atoms with E-state index in [9.17, 15) is 9.59 Å². The van der Waals surface area contributed by atoms with Crippen molar-refractivity contribution in [2.24, 2.45) is 0 Å². The number of para-hydroxylation sites is 1. The van der Waals surface area contributed by atoms with Gasteiger partial charge in [-0.1, -0.05) is 18.2 Å². The molecule has 25 heavy (non-hydrogen) atoms. The van der Waals surface area contributed by atoms with E-state index >= 15 is 0 Å². The van der Waals surface area contributed by atoms with Crippen LogP contribution in [0.15, 0.2) is 36.4 Å². The Hall–Kier alpha value is -2.83. The average molecular weight is 341 g/mol. The van der Waals surface area contributed by atoms with Crippen LogP contribution in [0, 0.1) is 6.92 Å².